The standard InChI is InChI=1S/C17H20B2O4/c1-16(15(21)22-2)8-9-17(18,19)10-13(16)14(20)23-11-12-6-4-3-5-7-12/h3-7,13H,8-11H2,1-2H3/t13-,16-/m0/s1. The number of rotatable bonds is 4. The third kappa shape index (κ3) is 3.98. The molecule has 0 heterocycles. The molecule has 118 valence electrons. The van der Waals surface area contributed by atoms with Gasteiger partial charge in [0.25, 0.3) is 0 Å². The topological polar surface area (TPSA) is 52.6 Å². The monoisotopic (exact) mass is 310 g/mol. The van der Waals surface area contributed by atoms with Gasteiger partial charge in [-0.15, -0.1) is 0 Å². The molecule has 0 spiro atoms. The predicted molar refractivity (Wildman–Crippen MR) is 87.9 cm³/mol. The smallest absolute Gasteiger partial charge is 0.312 e. The van der Waals surface area contributed by atoms with Crippen molar-refractivity contribution in [1.82, 2.24) is 0 Å². The van der Waals surface area contributed by atoms with Crippen molar-refractivity contribution in [3.8, 4) is 0 Å². The predicted octanol–water partition coefficient (Wildman–Crippen LogP) is 2.16. The lowest BCUT2D eigenvalue weighted by Gasteiger charge is -2.45. The Morgan fingerprint density at radius 1 is 1.22 bits per heavy atom. The summed E-state index contributed by atoms with van der Waals surface area (Å²) < 4.78 is 10.3. The van der Waals surface area contributed by atoms with Crippen LogP contribution in [0, 0.1) is 11.3 Å². The first kappa shape index (κ1) is 17.6. The van der Waals surface area contributed by atoms with Crippen LogP contribution in [0.2, 0.25) is 5.21 Å². The van der Waals surface area contributed by atoms with Crippen molar-refractivity contribution in [2.24, 2.45) is 11.3 Å². The molecule has 23 heavy (non-hydrogen) atoms. The number of esters is 2. The second-order valence-electron chi connectivity index (χ2n) is 6.49. The Bertz CT molecular complexity index is 573. The van der Waals surface area contributed by atoms with Crippen LogP contribution < -0.4 is 0 Å². The first-order chi connectivity index (χ1) is 10.8. The van der Waals surface area contributed by atoms with E-state index in [1.165, 1.54) is 7.11 Å². The van der Waals surface area contributed by atoms with Crippen molar-refractivity contribution in [2.75, 3.05) is 7.11 Å². The van der Waals surface area contributed by atoms with Crippen molar-refractivity contribution in [2.45, 2.75) is 38.0 Å². The van der Waals surface area contributed by atoms with E-state index in [1.54, 1.807) is 6.92 Å². The fraction of sp³-hybridized carbons (Fsp3) is 0.529. The van der Waals surface area contributed by atoms with Crippen LogP contribution in [0.15, 0.2) is 30.3 Å². The van der Waals surface area contributed by atoms with E-state index >= 15 is 0 Å². The molecule has 2 atom stereocenters. The van der Waals surface area contributed by atoms with E-state index in [-0.39, 0.29) is 13.0 Å². The molecule has 1 aliphatic rings. The van der Waals surface area contributed by atoms with E-state index in [2.05, 4.69) is 0 Å². The highest BCUT2D eigenvalue weighted by molar-refractivity contribution is 6.40. The zero-order valence-electron chi connectivity index (χ0n) is 13.6. The van der Waals surface area contributed by atoms with Gasteiger partial charge in [0, 0.05) is 0 Å². The minimum absolute atomic E-state index is 0.148. The van der Waals surface area contributed by atoms with Gasteiger partial charge >= 0.3 is 11.9 Å². The van der Waals surface area contributed by atoms with Gasteiger partial charge in [0.2, 0.25) is 0 Å². The quantitative estimate of drug-likeness (QED) is 0.632. The van der Waals surface area contributed by atoms with Gasteiger partial charge in [0.05, 0.1) is 34.1 Å². The Morgan fingerprint density at radius 3 is 2.48 bits per heavy atom. The van der Waals surface area contributed by atoms with E-state index in [0.717, 1.165) is 5.56 Å². The van der Waals surface area contributed by atoms with Crippen LogP contribution in [0.5, 0.6) is 0 Å². The normalized spacial score (nSPS) is 26.3. The summed E-state index contributed by atoms with van der Waals surface area (Å²) in [5.74, 6) is -1.63. The van der Waals surface area contributed by atoms with E-state index in [9.17, 15) is 9.59 Å². The Kier molecular flexibility index (Phi) is 5.23. The molecule has 0 aliphatic heterocycles. The van der Waals surface area contributed by atoms with Gasteiger partial charge in [0.1, 0.15) is 6.61 Å². The summed E-state index contributed by atoms with van der Waals surface area (Å²) in [4.78, 5) is 24.7. The van der Waals surface area contributed by atoms with Gasteiger partial charge in [-0.1, -0.05) is 42.0 Å². The van der Waals surface area contributed by atoms with Crippen LogP contribution in [0.3, 0.4) is 0 Å². The lowest BCUT2D eigenvalue weighted by Crippen LogP contribution is -2.47. The molecule has 1 saturated carbocycles. The molecule has 6 heteroatoms. The Labute approximate surface area is 139 Å². The Balaban J connectivity index is 2.13. The maximum absolute atomic E-state index is 12.6. The number of carbonyl (C=O) groups excluding carboxylic acids is 2. The van der Waals surface area contributed by atoms with Gasteiger partial charge in [0.15, 0.2) is 0 Å². The summed E-state index contributed by atoms with van der Waals surface area (Å²) in [6, 6.07) is 9.35. The number of hydrogen-bond donors (Lipinski definition) is 0. The second kappa shape index (κ2) is 6.81. The maximum Gasteiger partial charge on any atom is 0.312 e. The van der Waals surface area contributed by atoms with Gasteiger partial charge in [-0.05, 0) is 25.3 Å². The van der Waals surface area contributed by atoms with Gasteiger partial charge in [-0.3, -0.25) is 9.59 Å². The number of hydrogen-bond acceptors (Lipinski definition) is 4. The summed E-state index contributed by atoms with van der Waals surface area (Å²) in [5, 5.41) is -0.982. The average Bonchev–Trinajstić information content (AvgIpc) is 2.55. The molecule has 1 aromatic rings. The molecule has 0 saturated heterocycles. The van der Waals surface area contributed by atoms with Crippen molar-refractivity contribution in [3.05, 3.63) is 35.9 Å². The molecule has 0 N–H and O–H groups in total. The minimum Gasteiger partial charge on any atom is -0.469 e. The minimum atomic E-state index is -0.982. The average molecular weight is 310 g/mol. The first-order valence-electron chi connectivity index (χ1n) is 7.65. The van der Waals surface area contributed by atoms with Crippen molar-refractivity contribution in [1.29, 1.82) is 0 Å². The molecule has 1 aromatic carbocycles. The van der Waals surface area contributed by atoms with Crippen LogP contribution in [0.1, 0.15) is 31.7 Å². The van der Waals surface area contributed by atoms with E-state index in [4.69, 9.17) is 25.2 Å². The zero-order chi connectivity index (χ0) is 17.1. The van der Waals surface area contributed by atoms with E-state index < -0.39 is 28.5 Å². The fourth-order valence-corrected chi connectivity index (χ4v) is 3.02. The van der Waals surface area contributed by atoms with Crippen molar-refractivity contribution in [3.63, 3.8) is 0 Å². The van der Waals surface area contributed by atoms with Crippen molar-refractivity contribution >= 4 is 27.6 Å². The van der Waals surface area contributed by atoms with Crippen LogP contribution in [0.4, 0.5) is 0 Å². The van der Waals surface area contributed by atoms with Gasteiger partial charge in [-0.25, -0.2) is 0 Å². The number of carbonyl (C=O) groups is 2. The van der Waals surface area contributed by atoms with Gasteiger partial charge < -0.3 is 9.47 Å². The maximum atomic E-state index is 12.6. The third-order valence-electron chi connectivity index (χ3n) is 4.62. The Hall–Kier alpha value is -1.71. The summed E-state index contributed by atoms with van der Waals surface area (Å²) in [5.41, 5.74) is -0.0895. The zero-order valence-corrected chi connectivity index (χ0v) is 13.6. The fourth-order valence-electron chi connectivity index (χ4n) is 3.02. The largest absolute Gasteiger partial charge is 0.469 e. The van der Waals surface area contributed by atoms with Crippen LogP contribution in [-0.2, 0) is 25.7 Å². The number of benzene rings is 1. The van der Waals surface area contributed by atoms with Crippen molar-refractivity contribution < 1.29 is 19.1 Å². The molecule has 0 amide bonds. The van der Waals surface area contributed by atoms with Crippen LogP contribution in [-0.4, -0.2) is 34.7 Å². The van der Waals surface area contributed by atoms with E-state index in [0.29, 0.717) is 12.8 Å². The molecule has 0 aromatic heterocycles. The molecule has 2 rings (SSSR count). The lowest BCUT2D eigenvalue weighted by molar-refractivity contribution is -0.170. The molecule has 0 bridgehead atoms. The lowest BCUT2D eigenvalue weighted by atomic mass is 9.43. The highest BCUT2D eigenvalue weighted by Gasteiger charge is 2.52. The number of ether oxygens (including phenoxy) is 2. The molecule has 4 radical (unpaired) electrons. The number of methoxy groups -OCH3 is 1. The Morgan fingerprint density at radius 2 is 1.87 bits per heavy atom. The first-order valence-corrected chi connectivity index (χ1v) is 7.65. The highest BCUT2D eigenvalue weighted by atomic mass is 16.5. The highest BCUT2D eigenvalue weighted by Crippen LogP contribution is 2.50. The molecular formula is C17H20B2O4. The SMILES string of the molecule is [B]C1([B])CC[C@](C)(C(=O)OC)[C@H](C(=O)OCc2ccccc2)C1. The summed E-state index contributed by atoms with van der Waals surface area (Å²) in [6.45, 7) is 1.86. The van der Waals surface area contributed by atoms with Crippen LogP contribution in [0.25, 0.3) is 0 Å². The molecule has 0 unspecified atom stereocenters. The van der Waals surface area contributed by atoms with Gasteiger partial charge in [-0.2, -0.15) is 0 Å². The molecule has 1 aliphatic carbocycles. The second-order valence-corrected chi connectivity index (χ2v) is 6.49. The third-order valence-corrected chi connectivity index (χ3v) is 4.62. The summed E-state index contributed by atoms with van der Waals surface area (Å²) >= 11 is 0. The van der Waals surface area contributed by atoms with E-state index in [1.807, 2.05) is 30.3 Å². The molecular weight excluding hydrogens is 290 g/mol. The summed E-state index contributed by atoms with van der Waals surface area (Å²) in [6.07, 6.45) is 1.02. The molecule has 1 fully saturated rings. The summed E-state index contributed by atoms with van der Waals surface area (Å²) in [7, 11) is 13.3. The molecule has 4 nitrogen and oxygen atoms in total. The van der Waals surface area contributed by atoms with Crippen LogP contribution >= 0.6 is 0 Å².